The van der Waals surface area contributed by atoms with Gasteiger partial charge in [0, 0.05) is 30.5 Å². The Morgan fingerprint density at radius 3 is 2.30 bits per heavy atom. The number of carbonyl (C=O) groups excluding carboxylic acids is 2. The van der Waals surface area contributed by atoms with Crippen molar-refractivity contribution in [1.82, 2.24) is 4.90 Å². The molecule has 1 aromatic rings. The van der Waals surface area contributed by atoms with Crippen molar-refractivity contribution in [3.8, 4) is 0 Å². The first kappa shape index (κ1) is 19.0. The number of likely N-dealkylation sites (N-methyl/N-ethyl adjacent to an activating group) is 1. The maximum absolute atomic E-state index is 12.8. The van der Waals surface area contributed by atoms with Gasteiger partial charge in [-0.1, -0.05) is 28.1 Å². The van der Waals surface area contributed by atoms with Gasteiger partial charge >= 0.3 is 0 Å². The summed E-state index contributed by atoms with van der Waals surface area (Å²) in [6, 6.07) is 7.66. The van der Waals surface area contributed by atoms with Crippen molar-refractivity contribution in [3.63, 3.8) is 0 Å². The molecule has 4 fully saturated rings. The van der Waals surface area contributed by atoms with Crippen LogP contribution in [0.1, 0.15) is 50.5 Å². The first-order chi connectivity index (χ1) is 12.7. The van der Waals surface area contributed by atoms with Crippen LogP contribution in [-0.4, -0.2) is 35.1 Å². The lowest BCUT2D eigenvalue weighted by atomic mass is 9.48. The van der Waals surface area contributed by atoms with Crippen LogP contribution in [0.2, 0.25) is 0 Å². The van der Waals surface area contributed by atoms with Crippen molar-refractivity contribution >= 4 is 33.4 Å². The standard InChI is InChI=1S/C22H29BrN2O2/c1-25(2)20(27)8-15-3-5-18(6-4-15)24-19(26)13-21-9-16-7-17(10-21)12-22(23,11-16)14-21/h3-6,16-17H,7-14H2,1-2H3,(H,24,26). The molecule has 4 aliphatic rings. The molecule has 4 aliphatic carbocycles. The molecule has 0 spiro atoms. The Labute approximate surface area is 170 Å². The number of amides is 2. The van der Waals surface area contributed by atoms with Gasteiger partial charge in [0.2, 0.25) is 11.8 Å². The number of hydrogen-bond donors (Lipinski definition) is 1. The van der Waals surface area contributed by atoms with Gasteiger partial charge in [-0.25, -0.2) is 0 Å². The Hall–Kier alpha value is -1.36. The molecule has 1 aromatic carbocycles. The van der Waals surface area contributed by atoms with E-state index in [0.29, 0.717) is 12.8 Å². The number of halogens is 1. The van der Waals surface area contributed by atoms with Crippen molar-refractivity contribution in [2.24, 2.45) is 17.3 Å². The van der Waals surface area contributed by atoms with Crippen LogP contribution in [0.5, 0.6) is 0 Å². The van der Waals surface area contributed by atoms with E-state index in [4.69, 9.17) is 0 Å². The number of hydrogen-bond acceptors (Lipinski definition) is 2. The lowest BCUT2D eigenvalue weighted by Gasteiger charge is -2.60. The van der Waals surface area contributed by atoms with Crippen LogP contribution >= 0.6 is 15.9 Å². The summed E-state index contributed by atoms with van der Waals surface area (Å²) < 4.78 is 0.290. The molecule has 0 radical (unpaired) electrons. The Kier molecular flexibility index (Phi) is 4.86. The fraction of sp³-hybridized carbons (Fsp3) is 0.636. The minimum Gasteiger partial charge on any atom is -0.349 e. The third-order valence-electron chi connectivity index (χ3n) is 6.74. The van der Waals surface area contributed by atoms with E-state index in [9.17, 15) is 9.59 Å². The van der Waals surface area contributed by atoms with Gasteiger partial charge in [0.15, 0.2) is 0 Å². The maximum atomic E-state index is 12.8. The van der Waals surface area contributed by atoms with Gasteiger partial charge in [0.1, 0.15) is 0 Å². The summed E-state index contributed by atoms with van der Waals surface area (Å²) in [5.74, 6) is 1.81. The van der Waals surface area contributed by atoms with E-state index in [1.165, 1.54) is 32.1 Å². The Balaban J connectivity index is 1.36. The molecule has 146 valence electrons. The fourth-order valence-electron chi connectivity index (χ4n) is 6.13. The highest BCUT2D eigenvalue weighted by molar-refractivity contribution is 9.10. The molecule has 4 saturated carbocycles. The third-order valence-corrected chi connectivity index (χ3v) is 7.67. The number of rotatable bonds is 5. The van der Waals surface area contributed by atoms with Gasteiger partial charge in [-0.2, -0.15) is 0 Å². The van der Waals surface area contributed by atoms with E-state index in [0.717, 1.165) is 29.5 Å². The zero-order valence-corrected chi connectivity index (χ0v) is 17.8. The minimum absolute atomic E-state index is 0.0808. The smallest absolute Gasteiger partial charge is 0.226 e. The fourth-order valence-corrected chi connectivity index (χ4v) is 7.64. The summed E-state index contributed by atoms with van der Waals surface area (Å²) in [5.41, 5.74) is 1.98. The van der Waals surface area contributed by atoms with E-state index in [-0.39, 0.29) is 21.6 Å². The summed E-state index contributed by atoms with van der Waals surface area (Å²) in [6.45, 7) is 0. The topological polar surface area (TPSA) is 49.4 Å². The molecule has 0 saturated heterocycles. The first-order valence-corrected chi connectivity index (χ1v) is 10.8. The summed E-state index contributed by atoms with van der Waals surface area (Å²) in [5, 5.41) is 3.08. The molecule has 4 bridgehead atoms. The van der Waals surface area contributed by atoms with Gasteiger partial charge < -0.3 is 10.2 Å². The maximum Gasteiger partial charge on any atom is 0.226 e. The van der Waals surface area contributed by atoms with Crippen molar-refractivity contribution < 1.29 is 9.59 Å². The molecule has 2 atom stereocenters. The van der Waals surface area contributed by atoms with Crippen LogP contribution in [0.25, 0.3) is 0 Å². The molecule has 27 heavy (non-hydrogen) atoms. The van der Waals surface area contributed by atoms with Gasteiger partial charge in [-0.3, -0.25) is 9.59 Å². The molecule has 4 nitrogen and oxygen atoms in total. The van der Waals surface area contributed by atoms with Gasteiger partial charge in [0.25, 0.3) is 0 Å². The summed E-state index contributed by atoms with van der Waals surface area (Å²) >= 11 is 4.02. The Morgan fingerprint density at radius 2 is 1.74 bits per heavy atom. The van der Waals surface area contributed by atoms with Crippen molar-refractivity contribution in [3.05, 3.63) is 29.8 Å². The predicted molar refractivity (Wildman–Crippen MR) is 111 cm³/mol. The van der Waals surface area contributed by atoms with Crippen LogP contribution in [0.3, 0.4) is 0 Å². The molecule has 0 aliphatic heterocycles. The number of alkyl halides is 1. The number of benzene rings is 1. The molecule has 5 heteroatoms. The van der Waals surface area contributed by atoms with Crippen LogP contribution in [0, 0.1) is 17.3 Å². The SMILES string of the molecule is CN(C)C(=O)Cc1ccc(NC(=O)CC23CC4CC(CC(Br)(C4)C2)C3)cc1. The molecule has 0 aromatic heterocycles. The lowest BCUT2D eigenvalue weighted by molar-refractivity contribution is -0.128. The van der Waals surface area contributed by atoms with Crippen LogP contribution in [0.4, 0.5) is 5.69 Å². The van der Waals surface area contributed by atoms with Crippen LogP contribution < -0.4 is 5.32 Å². The Bertz CT molecular complexity index is 729. The highest BCUT2D eigenvalue weighted by Crippen LogP contribution is 2.65. The highest BCUT2D eigenvalue weighted by atomic mass is 79.9. The lowest BCUT2D eigenvalue weighted by Crippen LogP contribution is -2.53. The summed E-state index contributed by atoms with van der Waals surface area (Å²) in [6.07, 6.45) is 8.55. The Morgan fingerprint density at radius 1 is 1.11 bits per heavy atom. The first-order valence-electron chi connectivity index (χ1n) is 10.0. The number of carbonyl (C=O) groups is 2. The van der Waals surface area contributed by atoms with Crippen molar-refractivity contribution in [1.29, 1.82) is 0 Å². The largest absolute Gasteiger partial charge is 0.349 e. The second kappa shape index (κ2) is 6.91. The van der Waals surface area contributed by atoms with Gasteiger partial charge in [-0.05, 0) is 73.5 Å². The zero-order chi connectivity index (χ0) is 19.2. The third kappa shape index (κ3) is 4.08. The van der Waals surface area contributed by atoms with E-state index in [1.807, 2.05) is 24.3 Å². The molecule has 0 heterocycles. The second-order valence-electron chi connectivity index (χ2n) is 9.50. The normalized spacial score (nSPS) is 33.7. The average Bonchev–Trinajstić information content (AvgIpc) is 2.53. The predicted octanol–water partition coefficient (Wildman–Crippen LogP) is 4.38. The van der Waals surface area contributed by atoms with Gasteiger partial charge in [0.05, 0.1) is 6.42 Å². The van der Waals surface area contributed by atoms with Crippen molar-refractivity contribution in [2.75, 3.05) is 19.4 Å². The van der Waals surface area contributed by atoms with Gasteiger partial charge in [-0.15, -0.1) is 0 Å². The molecule has 2 unspecified atom stereocenters. The quantitative estimate of drug-likeness (QED) is 0.701. The molecule has 5 rings (SSSR count). The molecular weight excluding hydrogens is 404 g/mol. The van der Waals surface area contributed by atoms with E-state index < -0.39 is 0 Å². The van der Waals surface area contributed by atoms with Crippen LogP contribution in [0.15, 0.2) is 24.3 Å². The number of anilines is 1. The molecular formula is C22H29BrN2O2. The molecule has 1 N–H and O–H groups in total. The summed E-state index contributed by atoms with van der Waals surface area (Å²) in [4.78, 5) is 26.2. The number of nitrogens with zero attached hydrogens (tertiary/aromatic N) is 1. The van der Waals surface area contributed by atoms with E-state index in [1.54, 1.807) is 19.0 Å². The summed E-state index contributed by atoms with van der Waals surface area (Å²) in [7, 11) is 3.52. The number of nitrogens with one attached hydrogen (secondary N) is 1. The minimum atomic E-state index is 0.0808. The van der Waals surface area contributed by atoms with Crippen molar-refractivity contribution in [2.45, 2.75) is 55.7 Å². The highest BCUT2D eigenvalue weighted by Gasteiger charge is 2.57. The van der Waals surface area contributed by atoms with E-state index >= 15 is 0 Å². The second-order valence-corrected chi connectivity index (χ2v) is 11.2. The zero-order valence-electron chi connectivity index (χ0n) is 16.3. The van der Waals surface area contributed by atoms with Crippen LogP contribution in [-0.2, 0) is 16.0 Å². The van der Waals surface area contributed by atoms with E-state index in [2.05, 4.69) is 21.2 Å². The molecule has 2 amide bonds. The monoisotopic (exact) mass is 432 g/mol. The average molecular weight is 433 g/mol.